The molecule has 0 atom stereocenters. The van der Waals surface area contributed by atoms with Gasteiger partial charge >= 0.3 is 5.97 Å². The van der Waals surface area contributed by atoms with Crippen LogP contribution in [-0.4, -0.2) is 43.5 Å². The van der Waals surface area contributed by atoms with E-state index in [4.69, 9.17) is 19.3 Å². The molecule has 0 unspecified atom stereocenters. The number of hydrogen-bond donors (Lipinski definition) is 1. The highest BCUT2D eigenvalue weighted by molar-refractivity contribution is 5.95. The quantitative estimate of drug-likeness (QED) is 0.789. The van der Waals surface area contributed by atoms with Crippen molar-refractivity contribution in [3.8, 4) is 11.5 Å². The predicted octanol–water partition coefficient (Wildman–Crippen LogP) is 2.36. The average Bonchev–Trinajstić information content (AvgIpc) is 2.50. The van der Waals surface area contributed by atoms with Crippen LogP contribution in [0.25, 0.3) is 10.9 Å². The van der Waals surface area contributed by atoms with Crippen LogP contribution in [-0.2, 0) is 4.74 Å². The fourth-order valence-corrected chi connectivity index (χ4v) is 1.97. The van der Waals surface area contributed by atoms with Gasteiger partial charge in [-0.05, 0) is 12.1 Å². The maximum Gasteiger partial charge on any atom is 0.354 e. The van der Waals surface area contributed by atoms with Gasteiger partial charge in [-0.2, -0.15) is 0 Å². The molecule has 2 rings (SSSR count). The number of carboxylic acids is 1. The molecule has 112 valence electrons. The molecule has 0 saturated heterocycles. The van der Waals surface area contributed by atoms with Crippen molar-refractivity contribution in [1.29, 1.82) is 0 Å². The minimum atomic E-state index is -1.11. The van der Waals surface area contributed by atoms with Crippen molar-refractivity contribution in [2.24, 2.45) is 0 Å². The van der Waals surface area contributed by atoms with Crippen molar-refractivity contribution in [2.75, 3.05) is 27.4 Å². The Bertz CT molecular complexity index is 641. The van der Waals surface area contributed by atoms with Gasteiger partial charge in [-0.25, -0.2) is 9.78 Å². The second kappa shape index (κ2) is 6.90. The summed E-state index contributed by atoms with van der Waals surface area (Å²) < 4.78 is 15.9. The lowest BCUT2D eigenvalue weighted by molar-refractivity contribution is 0.0690. The number of hydrogen-bond acceptors (Lipinski definition) is 5. The number of rotatable bonds is 7. The molecule has 2 aromatic rings. The number of para-hydroxylation sites is 1. The maximum absolute atomic E-state index is 11.2. The molecule has 6 heteroatoms. The van der Waals surface area contributed by atoms with E-state index in [1.54, 1.807) is 13.2 Å². The number of aromatic nitrogens is 1. The van der Waals surface area contributed by atoms with Crippen LogP contribution in [0.3, 0.4) is 0 Å². The molecule has 0 fully saturated rings. The summed E-state index contributed by atoms with van der Waals surface area (Å²) in [6, 6.07) is 6.79. The second-order valence-electron chi connectivity index (χ2n) is 4.36. The third-order valence-corrected chi connectivity index (χ3v) is 2.95. The molecule has 1 aromatic heterocycles. The molecular formula is C15H17NO5. The van der Waals surface area contributed by atoms with Gasteiger partial charge in [0.15, 0.2) is 5.69 Å². The van der Waals surface area contributed by atoms with Crippen molar-refractivity contribution in [3.63, 3.8) is 0 Å². The molecule has 0 radical (unpaired) electrons. The molecule has 6 nitrogen and oxygen atoms in total. The topological polar surface area (TPSA) is 77.9 Å². The SMILES string of the molecule is COCCCOc1cc(C(=O)O)nc2c(OC)cccc12. The van der Waals surface area contributed by atoms with Gasteiger partial charge in [0.25, 0.3) is 0 Å². The fraction of sp³-hybridized carbons (Fsp3) is 0.333. The van der Waals surface area contributed by atoms with Gasteiger partial charge in [0, 0.05) is 31.6 Å². The summed E-state index contributed by atoms with van der Waals surface area (Å²) in [5.41, 5.74) is 0.399. The maximum atomic E-state index is 11.2. The molecule has 0 amide bonds. The number of carbonyl (C=O) groups is 1. The van der Waals surface area contributed by atoms with E-state index in [9.17, 15) is 4.79 Å². The first kappa shape index (κ1) is 15.1. The van der Waals surface area contributed by atoms with E-state index < -0.39 is 5.97 Å². The molecule has 1 N–H and O–H groups in total. The van der Waals surface area contributed by atoms with E-state index in [0.29, 0.717) is 36.7 Å². The van der Waals surface area contributed by atoms with Crippen molar-refractivity contribution in [2.45, 2.75) is 6.42 Å². The summed E-state index contributed by atoms with van der Waals surface area (Å²) in [7, 11) is 3.14. The second-order valence-corrected chi connectivity index (χ2v) is 4.36. The van der Waals surface area contributed by atoms with E-state index in [2.05, 4.69) is 4.98 Å². The lowest BCUT2D eigenvalue weighted by Crippen LogP contribution is -2.06. The Kier molecular flexibility index (Phi) is 4.94. The van der Waals surface area contributed by atoms with Crippen LogP contribution in [0.4, 0.5) is 0 Å². The summed E-state index contributed by atoms with van der Waals surface area (Å²) in [4.78, 5) is 15.3. The number of benzene rings is 1. The largest absolute Gasteiger partial charge is 0.494 e. The highest BCUT2D eigenvalue weighted by Crippen LogP contribution is 2.31. The van der Waals surface area contributed by atoms with Gasteiger partial charge in [-0.15, -0.1) is 0 Å². The molecule has 0 saturated carbocycles. The number of ether oxygens (including phenoxy) is 3. The molecule has 1 heterocycles. The predicted molar refractivity (Wildman–Crippen MR) is 77.2 cm³/mol. The molecule has 1 aromatic carbocycles. The smallest absolute Gasteiger partial charge is 0.354 e. The summed E-state index contributed by atoms with van der Waals surface area (Å²) in [5, 5.41) is 9.88. The zero-order valence-electron chi connectivity index (χ0n) is 12.0. The zero-order valence-corrected chi connectivity index (χ0v) is 12.0. The summed E-state index contributed by atoms with van der Waals surface area (Å²) in [6.07, 6.45) is 0.715. The molecule has 0 aliphatic carbocycles. The third kappa shape index (κ3) is 3.41. The molecule has 0 aliphatic rings. The van der Waals surface area contributed by atoms with Crippen LogP contribution in [0, 0.1) is 0 Å². The average molecular weight is 291 g/mol. The Morgan fingerprint density at radius 2 is 2.05 bits per heavy atom. The normalized spacial score (nSPS) is 10.6. The van der Waals surface area contributed by atoms with Crippen LogP contribution < -0.4 is 9.47 Å². The minimum Gasteiger partial charge on any atom is -0.494 e. The Morgan fingerprint density at radius 1 is 1.24 bits per heavy atom. The molecule has 0 aliphatic heterocycles. The zero-order chi connectivity index (χ0) is 15.2. The Hall–Kier alpha value is -2.34. The van der Waals surface area contributed by atoms with Crippen molar-refractivity contribution >= 4 is 16.9 Å². The first-order chi connectivity index (χ1) is 10.2. The number of aromatic carboxylic acids is 1. The number of fused-ring (bicyclic) bond motifs is 1. The van der Waals surface area contributed by atoms with Crippen molar-refractivity contribution in [1.82, 2.24) is 4.98 Å². The van der Waals surface area contributed by atoms with E-state index in [0.717, 1.165) is 5.39 Å². The standard InChI is InChI=1S/C15H17NO5/c1-19-7-4-8-21-13-9-11(15(17)18)16-14-10(13)5-3-6-12(14)20-2/h3,5-6,9H,4,7-8H2,1-2H3,(H,17,18). The molecule has 0 bridgehead atoms. The lowest BCUT2D eigenvalue weighted by atomic mass is 10.1. The van der Waals surface area contributed by atoms with E-state index in [1.807, 2.05) is 12.1 Å². The van der Waals surface area contributed by atoms with Gasteiger partial charge < -0.3 is 19.3 Å². The Balaban J connectivity index is 2.43. The van der Waals surface area contributed by atoms with Crippen LogP contribution >= 0.6 is 0 Å². The first-order valence-electron chi connectivity index (χ1n) is 6.50. The molecule has 0 spiro atoms. The first-order valence-corrected chi connectivity index (χ1v) is 6.50. The number of pyridine rings is 1. The number of nitrogens with zero attached hydrogens (tertiary/aromatic N) is 1. The van der Waals surface area contributed by atoms with E-state index in [-0.39, 0.29) is 5.69 Å². The highest BCUT2D eigenvalue weighted by Gasteiger charge is 2.14. The fourth-order valence-electron chi connectivity index (χ4n) is 1.97. The molecular weight excluding hydrogens is 274 g/mol. The van der Waals surface area contributed by atoms with Gasteiger partial charge in [0.1, 0.15) is 17.0 Å². The van der Waals surface area contributed by atoms with Crippen LogP contribution in [0.1, 0.15) is 16.9 Å². The molecule has 21 heavy (non-hydrogen) atoms. The van der Waals surface area contributed by atoms with Crippen LogP contribution in [0.5, 0.6) is 11.5 Å². The summed E-state index contributed by atoms with van der Waals surface area (Å²) >= 11 is 0. The van der Waals surface area contributed by atoms with Crippen LogP contribution in [0.15, 0.2) is 24.3 Å². The summed E-state index contributed by atoms with van der Waals surface area (Å²) in [6.45, 7) is 1.02. The van der Waals surface area contributed by atoms with E-state index in [1.165, 1.54) is 13.2 Å². The van der Waals surface area contributed by atoms with Crippen LogP contribution in [0.2, 0.25) is 0 Å². The number of carboxylic acid groups (broad SMARTS) is 1. The van der Waals surface area contributed by atoms with Crippen molar-refractivity contribution < 1.29 is 24.1 Å². The number of methoxy groups -OCH3 is 2. The monoisotopic (exact) mass is 291 g/mol. The van der Waals surface area contributed by atoms with Gasteiger partial charge in [0.2, 0.25) is 0 Å². The summed E-state index contributed by atoms with van der Waals surface area (Å²) in [5.74, 6) is -0.116. The van der Waals surface area contributed by atoms with Gasteiger partial charge in [-0.1, -0.05) is 6.07 Å². The Labute approximate surface area is 122 Å². The lowest BCUT2D eigenvalue weighted by Gasteiger charge is -2.12. The highest BCUT2D eigenvalue weighted by atomic mass is 16.5. The van der Waals surface area contributed by atoms with Gasteiger partial charge in [-0.3, -0.25) is 0 Å². The minimum absolute atomic E-state index is 0.0752. The Morgan fingerprint density at radius 3 is 2.71 bits per heavy atom. The van der Waals surface area contributed by atoms with E-state index >= 15 is 0 Å². The van der Waals surface area contributed by atoms with Crippen molar-refractivity contribution in [3.05, 3.63) is 30.0 Å². The van der Waals surface area contributed by atoms with Gasteiger partial charge in [0.05, 0.1) is 13.7 Å². The third-order valence-electron chi connectivity index (χ3n) is 2.95.